The zero-order valence-electron chi connectivity index (χ0n) is 24.3. The van der Waals surface area contributed by atoms with Gasteiger partial charge in [0.1, 0.15) is 17.2 Å². The van der Waals surface area contributed by atoms with Gasteiger partial charge in [0.2, 0.25) is 10.0 Å². The lowest BCUT2D eigenvalue weighted by Gasteiger charge is -2.37. The third-order valence-electron chi connectivity index (χ3n) is 8.65. The van der Waals surface area contributed by atoms with Crippen molar-refractivity contribution < 1.29 is 32.3 Å². The van der Waals surface area contributed by atoms with Crippen LogP contribution in [0, 0.1) is 16.7 Å². The molecule has 1 heterocycles. The van der Waals surface area contributed by atoms with Crippen molar-refractivity contribution in [1.82, 2.24) is 9.62 Å². The number of nitrogens with one attached hydrogen (secondary N) is 1. The van der Waals surface area contributed by atoms with Gasteiger partial charge in [-0.15, -0.1) is 0 Å². The van der Waals surface area contributed by atoms with E-state index in [4.69, 9.17) is 9.47 Å². The Morgan fingerprint density at radius 2 is 1.62 bits per heavy atom. The van der Waals surface area contributed by atoms with Crippen LogP contribution < -0.4 is 5.32 Å². The molecule has 3 aliphatic rings. The number of esters is 1. The number of carbonyl (C=O) groups excluding carboxylic acids is 3. The molecule has 0 unspecified atom stereocenters. The minimum Gasteiger partial charge on any atom is -0.456 e. The predicted molar refractivity (Wildman–Crippen MR) is 146 cm³/mol. The van der Waals surface area contributed by atoms with Gasteiger partial charge in [-0.2, -0.15) is 0 Å². The molecule has 0 aromatic heterocycles. The zero-order chi connectivity index (χ0) is 29.2. The van der Waals surface area contributed by atoms with Gasteiger partial charge in [-0.25, -0.2) is 22.3 Å². The second kappa shape index (κ2) is 9.49. The molecule has 0 radical (unpaired) electrons. The fraction of sp³-hybridized carbons (Fsp3) is 0.690. The molecule has 39 heavy (non-hydrogen) atoms. The first-order valence-corrected chi connectivity index (χ1v) is 15.2. The standard InChI is InChI=1S/C29H42N2O7S/c1-26(2,3)37-24(33)19-11-9-18(10-12-19)15-21(30-25(34)38-27(4,5)6)23(32)31-22-16-20-13-14-29(22,28(20,7)8)17-39(31,35)36/h9-12,20-22H,13-17H2,1-8H3,(H,30,34)/t20-,21+,22-,29-/m1/s1. The van der Waals surface area contributed by atoms with Crippen LogP contribution in [0.4, 0.5) is 4.79 Å². The fourth-order valence-corrected chi connectivity index (χ4v) is 9.31. The number of nitrogens with zero attached hydrogens (tertiary/aromatic N) is 1. The SMILES string of the molecule is CC(C)(C)OC(=O)N[C@@H](Cc1ccc(C(=O)OC(C)(C)C)cc1)C(=O)N1[C@@H]2C[C@H]3CC[C@]2(CS1(=O)=O)C3(C)C. The van der Waals surface area contributed by atoms with E-state index in [1.54, 1.807) is 65.8 Å². The lowest BCUT2D eigenvalue weighted by Crippen LogP contribution is -2.54. The second-order valence-electron chi connectivity index (χ2n) is 13.9. The molecule has 9 nitrogen and oxygen atoms in total. The molecule has 4 atom stereocenters. The highest BCUT2D eigenvalue weighted by Crippen LogP contribution is 2.70. The summed E-state index contributed by atoms with van der Waals surface area (Å²) in [5.41, 5.74) is -1.10. The maximum atomic E-state index is 14.0. The highest BCUT2D eigenvalue weighted by atomic mass is 32.2. The van der Waals surface area contributed by atoms with Gasteiger partial charge >= 0.3 is 12.1 Å². The maximum absolute atomic E-state index is 14.0. The second-order valence-corrected chi connectivity index (χ2v) is 15.7. The number of hydrogen-bond acceptors (Lipinski definition) is 7. The average molecular weight is 563 g/mol. The molecule has 1 aromatic carbocycles. The minimum absolute atomic E-state index is 0.0330. The maximum Gasteiger partial charge on any atom is 0.408 e. The Labute approximate surface area is 232 Å². The van der Waals surface area contributed by atoms with Crippen LogP contribution in [0.25, 0.3) is 0 Å². The van der Waals surface area contributed by atoms with Crippen LogP contribution >= 0.6 is 0 Å². The zero-order valence-corrected chi connectivity index (χ0v) is 25.1. The number of carbonyl (C=O) groups is 3. The molecule has 10 heteroatoms. The molecule has 2 amide bonds. The van der Waals surface area contributed by atoms with Crippen LogP contribution in [-0.2, 0) is 30.7 Å². The number of ether oxygens (including phenoxy) is 2. The molecule has 1 spiro atoms. The van der Waals surface area contributed by atoms with E-state index in [9.17, 15) is 22.8 Å². The summed E-state index contributed by atoms with van der Waals surface area (Å²) >= 11 is 0. The van der Waals surface area contributed by atoms with E-state index in [1.165, 1.54) is 0 Å². The van der Waals surface area contributed by atoms with Crippen molar-refractivity contribution in [1.29, 1.82) is 0 Å². The van der Waals surface area contributed by atoms with Crippen LogP contribution in [0.3, 0.4) is 0 Å². The number of rotatable bonds is 5. The van der Waals surface area contributed by atoms with Crippen LogP contribution in [0.15, 0.2) is 24.3 Å². The molecule has 4 rings (SSSR count). The van der Waals surface area contributed by atoms with E-state index in [0.717, 1.165) is 17.1 Å². The molecule has 2 bridgehead atoms. The predicted octanol–water partition coefficient (Wildman–Crippen LogP) is 4.44. The summed E-state index contributed by atoms with van der Waals surface area (Å²) in [4.78, 5) is 39.2. The number of alkyl carbamates (subject to hydrolysis) is 1. The number of benzene rings is 1. The van der Waals surface area contributed by atoms with Crippen molar-refractivity contribution in [3.8, 4) is 0 Å². The first-order valence-electron chi connectivity index (χ1n) is 13.6. The molecular formula is C29H42N2O7S. The summed E-state index contributed by atoms with van der Waals surface area (Å²) < 4.78 is 38.9. The van der Waals surface area contributed by atoms with Crippen LogP contribution in [0.1, 0.15) is 90.6 Å². The Morgan fingerprint density at radius 1 is 1.03 bits per heavy atom. The molecule has 2 saturated carbocycles. The molecule has 216 valence electrons. The molecule has 3 fully saturated rings. The van der Waals surface area contributed by atoms with E-state index in [-0.39, 0.29) is 17.6 Å². The number of amides is 2. The van der Waals surface area contributed by atoms with E-state index >= 15 is 0 Å². The third kappa shape index (κ3) is 5.54. The van der Waals surface area contributed by atoms with Gasteiger partial charge in [0.25, 0.3) is 5.91 Å². The molecule has 1 aliphatic heterocycles. The largest absolute Gasteiger partial charge is 0.456 e. The average Bonchev–Trinajstić information content (AvgIpc) is 3.24. The number of fused-ring (bicyclic) bond motifs is 1. The topological polar surface area (TPSA) is 119 Å². The smallest absolute Gasteiger partial charge is 0.408 e. The first-order chi connectivity index (χ1) is 17.8. The van der Waals surface area contributed by atoms with Crippen molar-refractivity contribution in [2.24, 2.45) is 16.7 Å². The molecular weight excluding hydrogens is 520 g/mol. The van der Waals surface area contributed by atoms with Crippen molar-refractivity contribution in [2.75, 3.05) is 5.75 Å². The van der Waals surface area contributed by atoms with Gasteiger partial charge in [-0.3, -0.25) is 4.79 Å². The van der Waals surface area contributed by atoms with Gasteiger partial charge in [0.15, 0.2) is 0 Å². The van der Waals surface area contributed by atoms with Gasteiger partial charge < -0.3 is 14.8 Å². The Hall–Kier alpha value is -2.62. The third-order valence-corrected chi connectivity index (χ3v) is 10.6. The first kappa shape index (κ1) is 29.4. The van der Waals surface area contributed by atoms with Crippen LogP contribution in [0.2, 0.25) is 0 Å². The van der Waals surface area contributed by atoms with E-state index in [2.05, 4.69) is 19.2 Å². The number of sulfonamides is 1. The quantitative estimate of drug-likeness (QED) is 0.527. The van der Waals surface area contributed by atoms with Crippen LogP contribution in [-0.4, -0.2) is 59.7 Å². The normalized spacial score (nSPS) is 27.5. The lowest BCUT2D eigenvalue weighted by molar-refractivity contribution is -0.131. The van der Waals surface area contributed by atoms with Crippen molar-refractivity contribution >= 4 is 28.0 Å². The summed E-state index contributed by atoms with van der Waals surface area (Å²) in [6.45, 7) is 14.7. The highest BCUT2D eigenvalue weighted by Gasteiger charge is 2.72. The Balaban J connectivity index is 1.61. The van der Waals surface area contributed by atoms with Crippen molar-refractivity contribution in [2.45, 2.75) is 104 Å². The van der Waals surface area contributed by atoms with E-state index in [1.807, 2.05) is 0 Å². The van der Waals surface area contributed by atoms with Crippen molar-refractivity contribution in [3.63, 3.8) is 0 Å². The molecule has 1 aromatic rings. The minimum atomic E-state index is -3.87. The Kier molecular flexibility index (Phi) is 7.15. The van der Waals surface area contributed by atoms with Gasteiger partial charge in [0, 0.05) is 11.8 Å². The Bertz CT molecular complexity index is 1260. The van der Waals surface area contributed by atoms with Crippen molar-refractivity contribution in [3.05, 3.63) is 35.4 Å². The molecule has 1 N–H and O–H groups in total. The van der Waals surface area contributed by atoms with Gasteiger partial charge in [-0.1, -0.05) is 26.0 Å². The molecule has 2 aliphatic carbocycles. The number of hydrogen-bond donors (Lipinski definition) is 1. The van der Waals surface area contributed by atoms with E-state index in [0.29, 0.717) is 23.5 Å². The monoisotopic (exact) mass is 562 g/mol. The summed E-state index contributed by atoms with van der Waals surface area (Å²) in [6.07, 6.45) is 1.61. The summed E-state index contributed by atoms with van der Waals surface area (Å²) in [6, 6.07) is 4.96. The van der Waals surface area contributed by atoms with Gasteiger partial charge in [-0.05, 0) is 89.8 Å². The van der Waals surface area contributed by atoms with E-state index < -0.39 is 56.7 Å². The Morgan fingerprint density at radius 3 is 2.15 bits per heavy atom. The molecule has 1 saturated heterocycles. The highest BCUT2D eigenvalue weighted by molar-refractivity contribution is 7.90. The summed E-state index contributed by atoms with van der Waals surface area (Å²) in [5, 5.41) is 2.64. The van der Waals surface area contributed by atoms with Gasteiger partial charge in [0.05, 0.1) is 17.4 Å². The summed E-state index contributed by atoms with van der Waals surface area (Å²) in [7, 11) is -3.87. The van der Waals surface area contributed by atoms with Crippen LogP contribution in [0.5, 0.6) is 0 Å². The summed E-state index contributed by atoms with van der Waals surface area (Å²) in [5.74, 6) is -0.821. The fourth-order valence-electron chi connectivity index (χ4n) is 6.73. The lowest BCUT2D eigenvalue weighted by atomic mass is 9.69.